The minimum atomic E-state index is -1.07. The summed E-state index contributed by atoms with van der Waals surface area (Å²) in [6.45, 7) is 0. The first kappa shape index (κ1) is 14.3. The van der Waals surface area contributed by atoms with E-state index in [1.54, 1.807) is 0 Å². The molecule has 0 radical (unpaired) electrons. The number of carbonyl (C=O) groups excluding carboxylic acids is 1. The van der Waals surface area contributed by atoms with Gasteiger partial charge in [0, 0.05) is 24.3 Å². The molecule has 4 N–H and O–H groups in total. The normalized spacial score (nSPS) is 23.9. The van der Waals surface area contributed by atoms with Gasteiger partial charge < -0.3 is 10.8 Å². The zero-order chi connectivity index (χ0) is 16.1. The van der Waals surface area contributed by atoms with Crippen LogP contribution in [-0.2, 0) is 16.0 Å². The van der Waals surface area contributed by atoms with Crippen LogP contribution in [0.2, 0.25) is 0 Å². The number of carboxylic acid groups (broad SMARTS) is 1. The lowest BCUT2D eigenvalue weighted by atomic mass is 10.00. The Kier molecular flexibility index (Phi) is 3.17. The number of fused-ring (bicyclic) bond motifs is 2. The predicted molar refractivity (Wildman–Crippen MR) is 83.4 cm³/mol. The number of hydrogen-bond donors (Lipinski definition) is 3. The van der Waals surface area contributed by atoms with Crippen LogP contribution in [0.15, 0.2) is 41.9 Å². The number of β-lactam (4-membered cyclic amide) rings is 1. The molecule has 23 heavy (non-hydrogen) atoms. The van der Waals surface area contributed by atoms with E-state index >= 15 is 0 Å². The highest BCUT2D eigenvalue weighted by Gasteiger charge is 2.51. The Hall–Kier alpha value is -2.32. The summed E-state index contributed by atoms with van der Waals surface area (Å²) in [7, 11) is 0. The number of carbonyl (C=O) groups is 2. The van der Waals surface area contributed by atoms with E-state index in [2.05, 4.69) is 5.10 Å². The molecular weight excluding hydrogens is 316 g/mol. The fourth-order valence-corrected chi connectivity index (χ4v) is 4.42. The molecule has 1 fully saturated rings. The number of pyridine rings is 1. The summed E-state index contributed by atoms with van der Waals surface area (Å²) >= 11 is 1.52. The molecule has 4 heterocycles. The van der Waals surface area contributed by atoms with Crippen molar-refractivity contribution in [1.29, 1.82) is 0 Å². The van der Waals surface area contributed by atoms with Gasteiger partial charge in [0.2, 0.25) is 11.4 Å². The highest BCUT2D eigenvalue weighted by molar-refractivity contribution is 8.00. The summed E-state index contributed by atoms with van der Waals surface area (Å²) in [5.74, 6) is -0.822. The summed E-state index contributed by atoms with van der Waals surface area (Å²) in [5, 5.41) is 12.4. The molecule has 1 amide bonds. The number of amides is 1. The minimum Gasteiger partial charge on any atom is -0.477 e. The fourth-order valence-electron chi connectivity index (χ4n) is 3.13. The number of aliphatic carboxylic acids is 1. The number of aromatic nitrogens is 2. The number of nitrogens with zero attached hydrogens (tertiary/aromatic N) is 2. The van der Waals surface area contributed by atoms with Gasteiger partial charge in [0.25, 0.3) is 0 Å². The second-order valence-electron chi connectivity index (χ2n) is 5.62. The second kappa shape index (κ2) is 5.10. The Labute approximate surface area is 135 Å². The molecule has 0 saturated carbocycles. The number of nitrogens with two attached hydrogens (primary N) is 1. The van der Waals surface area contributed by atoms with Gasteiger partial charge in [0.1, 0.15) is 17.1 Å². The molecule has 1 saturated heterocycles. The third-order valence-electron chi connectivity index (χ3n) is 4.26. The molecule has 8 heteroatoms. The first-order valence-electron chi connectivity index (χ1n) is 7.20. The zero-order valence-corrected chi connectivity index (χ0v) is 12.9. The summed E-state index contributed by atoms with van der Waals surface area (Å²) in [5.41, 5.74) is 8.58. The average Bonchev–Trinajstić information content (AvgIpc) is 2.96. The molecule has 2 atom stereocenters. The van der Waals surface area contributed by atoms with Gasteiger partial charge in [-0.3, -0.25) is 9.69 Å². The maximum atomic E-state index is 12.0. The van der Waals surface area contributed by atoms with Crippen LogP contribution in [0.1, 0.15) is 5.56 Å². The fraction of sp³-hybridized carbons (Fsp3) is 0.267. The van der Waals surface area contributed by atoms with Crippen LogP contribution >= 0.6 is 11.8 Å². The molecule has 2 aromatic rings. The van der Waals surface area contributed by atoms with Gasteiger partial charge in [0.15, 0.2) is 6.20 Å². The van der Waals surface area contributed by atoms with Gasteiger partial charge in [0.05, 0.1) is 11.8 Å². The highest BCUT2D eigenvalue weighted by atomic mass is 32.2. The quantitative estimate of drug-likeness (QED) is 0.537. The van der Waals surface area contributed by atoms with Gasteiger partial charge in [-0.1, -0.05) is 4.52 Å². The van der Waals surface area contributed by atoms with E-state index in [-0.39, 0.29) is 17.0 Å². The molecule has 0 unspecified atom stereocenters. The molecule has 0 aliphatic carbocycles. The van der Waals surface area contributed by atoms with Gasteiger partial charge in [-0.25, -0.2) is 4.79 Å². The Bertz CT molecular complexity index is 859. The van der Waals surface area contributed by atoms with Gasteiger partial charge in [-0.05, 0) is 11.6 Å². The smallest absolute Gasteiger partial charge is 0.352 e. The number of rotatable bonds is 3. The molecule has 4 rings (SSSR count). The van der Waals surface area contributed by atoms with E-state index in [0.717, 1.165) is 16.7 Å². The predicted octanol–water partition coefficient (Wildman–Crippen LogP) is -0.123. The van der Waals surface area contributed by atoms with Crippen LogP contribution in [0.4, 0.5) is 0 Å². The van der Waals surface area contributed by atoms with Crippen molar-refractivity contribution in [3.63, 3.8) is 0 Å². The highest BCUT2D eigenvalue weighted by Crippen LogP contribution is 2.40. The Morgan fingerprint density at radius 3 is 3.13 bits per heavy atom. The van der Waals surface area contributed by atoms with Crippen molar-refractivity contribution in [2.45, 2.75) is 17.8 Å². The number of carboxylic acids is 1. The molecule has 2 aliphatic rings. The van der Waals surface area contributed by atoms with Crippen LogP contribution < -0.4 is 10.2 Å². The van der Waals surface area contributed by atoms with Gasteiger partial charge in [-0.2, -0.15) is 5.10 Å². The van der Waals surface area contributed by atoms with Crippen LogP contribution in [-0.4, -0.2) is 44.2 Å². The molecule has 7 nitrogen and oxygen atoms in total. The van der Waals surface area contributed by atoms with Crippen molar-refractivity contribution in [3.8, 4) is 0 Å². The van der Waals surface area contributed by atoms with E-state index in [0.29, 0.717) is 12.2 Å². The summed E-state index contributed by atoms with van der Waals surface area (Å²) in [6, 6.07) is 5.22. The minimum absolute atomic E-state index is 0.0933. The first-order valence-corrected chi connectivity index (χ1v) is 8.25. The zero-order valence-electron chi connectivity index (χ0n) is 12.1. The summed E-state index contributed by atoms with van der Waals surface area (Å²) in [4.78, 5) is 25.0. The second-order valence-corrected chi connectivity index (χ2v) is 6.73. The molecule has 2 aliphatic heterocycles. The summed E-state index contributed by atoms with van der Waals surface area (Å²) < 4.78 is 1.87. The molecule has 0 spiro atoms. The number of H-pyrrole nitrogens is 1. The number of aromatic amines is 1. The Morgan fingerprint density at radius 2 is 2.35 bits per heavy atom. The van der Waals surface area contributed by atoms with E-state index in [1.807, 2.05) is 35.1 Å². The largest absolute Gasteiger partial charge is 0.477 e. The topological polar surface area (TPSA) is 104 Å². The molecule has 0 aromatic carbocycles. The lowest BCUT2D eigenvalue weighted by Gasteiger charge is -2.48. The summed E-state index contributed by atoms with van der Waals surface area (Å²) in [6.07, 6.45) is 4.24. The molecule has 118 valence electrons. The van der Waals surface area contributed by atoms with Crippen LogP contribution in [0.5, 0.6) is 0 Å². The standard InChI is InChI=1S/C15H14N4O3S/c16-11-13(20)19-12(15(21)22)9(7-23-14(11)19)5-8-6-17-18-4-2-1-3-10(8)18/h1-4,6,11,14H,5,7,16H2,(H,21,22)/p+1/t11-,14+/m1/s1. The van der Waals surface area contributed by atoms with Crippen molar-refractivity contribution in [3.05, 3.63) is 47.4 Å². The monoisotopic (exact) mass is 331 g/mol. The van der Waals surface area contributed by atoms with Gasteiger partial charge >= 0.3 is 5.97 Å². The Balaban J connectivity index is 1.74. The van der Waals surface area contributed by atoms with Crippen LogP contribution in [0.25, 0.3) is 5.52 Å². The van der Waals surface area contributed by atoms with Crippen molar-refractivity contribution in [2.24, 2.45) is 5.73 Å². The van der Waals surface area contributed by atoms with E-state index in [4.69, 9.17) is 5.73 Å². The lowest BCUT2D eigenvalue weighted by Crippen LogP contribution is -2.68. The Morgan fingerprint density at radius 1 is 1.52 bits per heavy atom. The van der Waals surface area contributed by atoms with E-state index < -0.39 is 12.0 Å². The van der Waals surface area contributed by atoms with Crippen molar-refractivity contribution in [1.82, 2.24) is 10.00 Å². The SMILES string of the molecule is N[C@@H]1C(=O)N2C(C(=O)O)=C(Cc3c[nH][n+]4ccccc34)CS[C@@H]12. The third kappa shape index (κ3) is 2.06. The van der Waals surface area contributed by atoms with Crippen molar-refractivity contribution < 1.29 is 19.2 Å². The van der Waals surface area contributed by atoms with Gasteiger partial charge in [-0.15, -0.1) is 11.8 Å². The maximum absolute atomic E-state index is 12.0. The van der Waals surface area contributed by atoms with E-state index in [9.17, 15) is 14.7 Å². The van der Waals surface area contributed by atoms with E-state index in [1.165, 1.54) is 16.7 Å². The number of nitrogens with one attached hydrogen (secondary N) is 1. The van der Waals surface area contributed by atoms with Crippen molar-refractivity contribution >= 4 is 29.2 Å². The maximum Gasteiger partial charge on any atom is 0.352 e. The average molecular weight is 331 g/mol. The van der Waals surface area contributed by atoms with Crippen LogP contribution in [0.3, 0.4) is 0 Å². The number of thioether (sulfide) groups is 1. The lowest BCUT2D eigenvalue weighted by molar-refractivity contribution is -0.576. The number of hydrogen-bond acceptors (Lipinski definition) is 4. The molecule has 0 bridgehead atoms. The van der Waals surface area contributed by atoms with Crippen molar-refractivity contribution in [2.75, 3.05) is 5.75 Å². The molecular formula is C15H15N4O3S+. The first-order chi connectivity index (χ1) is 11.1. The van der Waals surface area contributed by atoms with Crippen LogP contribution in [0, 0.1) is 0 Å². The third-order valence-corrected chi connectivity index (χ3v) is 5.62. The molecule has 2 aromatic heterocycles.